The largest absolute Gasteiger partial charge is 0.467 e. The number of benzene rings is 1. The van der Waals surface area contributed by atoms with Gasteiger partial charge < -0.3 is 29.1 Å². The molecule has 5 rings (SSSR count). The number of H-pyrrole nitrogens is 1. The number of furan rings is 1. The number of hydrogen-bond donors (Lipinski definition) is 2. The Balaban J connectivity index is 1.42. The molecule has 1 aliphatic heterocycles. The third kappa shape index (κ3) is 4.28. The number of thiocarbonyl (C=S) groups is 1. The normalized spacial score (nSPS) is 12.1. The summed E-state index contributed by atoms with van der Waals surface area (Å²) in [6.45, 7) is 1.44. The van der Waals surface area contributed by atoms with Crippen molar-refractivity contribution in [2.45, 2.75) is 19.6 Å². The zero-order valence-corrected chi connectivity index (χ0v) is 17.9. The van der Waals surface area contributed by atoms with E-state index in [9.17, 15) is 4.79 Å². The molecule has 0 aliphatic carbocycles. The summed E-state index contributed by atoms with van der Waals surface area (Å²) >= 11 is 5.65. The van der Waals surface area contributed by atoms with E-state index in [-0.39, 0.29) is 12.4 Å². The lowest BCUT2D eigenvalue weighted by molar-refractivity contribution is 0.174. The predicted octanol–water partition coefficient (Wildman–Crippen LogP) is 3.32. The van der Waals surface area contributed by atoms with Crippen LogP contribution in [0.4, 0.5) is 0 Å². The van der Waals surface area contributed by atoms with Crippen LogP contribution in [0.3, 0.4) is 0 Å². The molecular formula is C23H20N4O4S. The van der Waals surface area contributed by atoms with Gasteiger partial charge in [-0.25, -0.2) is 0 Å². The number of fused-ring (bicyclic) bond motifs is 2. The van der Waals surface area contributed by atoms with Crippen LogP contribution in [0.25, 0.3) is 10.9 Å². The number of aromatic nitrogens is 2. The quantitative estimate of drug-likeness (QED) is 0.434. The van der Waals surface area contributed by atoms with Gasteiger partial charge in [0, 0.05) is 36.0 Å². The second-order valence-corrected chi connectivity index (χ2v) is 7.76. The summed E-state index contributed by atoms with van der Waals surface area (Å²) in [7, 11) is 0. The highest BCUT2D eigenvalue weighted by molar-refractivity contribution is 7.80. The summed E-state index contributed by atoms with van der Waals surface area (Å²) in [5.74, 6) is 2.06. The van der Waals surface area contributed by atoms with Crippen LogP contribution in [0.15, 0.2) is 70.3 Å². The predicted molar refractivity (Wildman–Crippen MR) is 122 cm³/mol. The fourth-order valence-corrected chi connectivity index (χ4v) is 3.76. The highest BCUT2D eigenvalue weighted by Gasteiger charge is 2.18. The Morgan fingerprint density at radius 3 is 2.81 bits per heavy atom. The molecule has 0 spiro atoms. The lowest BCUT2D eigenvalue weighted by Crippen LogP contribution is -2.39. The first kappa shape index (κ1) is 20.1. The van der Waals surface area contributed by atoms with Crippen molar-refractivity contribution in [2.24, 2.45) is 0 Å². The van der Waals surface area contributed by atoms with Crippen LogP contribution in [-0.4, -0.2) is 26.8 Å². The maximum atomic E-state index is 12.8. The van der Waals surface area contributed by atoms with Crippen LogP contribution in [0, 0.1) is 0 Å². The van der Waals surface area contributed by atoms with E-state index in [1.807, 2.05) is 41.3 Å². The third-order valence-corrected chi connectivity index (χ3v) is 5.56. The minimum absolute atomic E-state index is 0.178. The summed E-state index contributed by atoms with van der Waals surface area (Å²) in [5.41, 5.74) is 2.08. The lowest BCUT2D eigenvalue weighted by Gasteiger charge is -2.25. The maximum Gasteiger partial charge on any atom is 0.253 e. The van der Waals surface area contributed by atoms with Crippen LogP contribution in [0.5, 0.6) is 11.5 Å². The molecule has 1 aromatic carbocycles. The molecule has 4 aromatic rings. The molecule has 4 heterocycles. The highest BCUT2D eigenvalue weighted by atomic mass is 32.1. The molecule has 0 saturated carbocycles. The zero-order valence-electron chi connectivity index (χ0n) is 17.0. The fraction of sp³-hybridized carbons (Fsp3) is 0.174. The third-order valence-electron chi connectivity index (χ3n) is 5.15. The summed E-state index contributed by atoms with van der Waals surface area (Å²) in [4.78, 5) is 21.9. The van der Waals surface area contributed by atoms with Gasteiger partial charge in [0.2, 0.25) is 6.79 Å². The number of pyridine rings is 2. The Labute approximate surface area is 188 Å². The van der Waals surface area contributed by atoms with Crippen molar-refractivity contribution < 1.29 is 13.9 Å². The molecule has 2 N–H and O–H groups in total. The molecule has 0 unspecified atom stereocenters. The number of nitrogens with one attached hydrogen (secondary N) is 2. The van der Waals surface area contributed by atoms with Crippen molar-refractivity contribution >= 4 is 28.2 Å². The molecule has 32 heavy (non-hydrogen) atoms. The molecule has 1 aliphatic rings. The lowest BCUT2D eigenvalue weighted by atomic mass is 10.1. The molecule has 8 nitrogen and oxygen atoms in total. The molecule has 3 aromatic heterocycles. The first-order valence-electron chi connectivity index (χ1n) is 10.1. The van der Waals surface area contributed by atoms with Crippen LogP contribution in [0.1, 0.15) is 16.9 Å². The van der Waals surface area contributed by atoms with Crippen molar-refractivity contribution in [3.05, 3.63) is 88.4 Å². The summed E-state index contributed by atoms with van der Waals surface area (Å²) in [6, 6.07) is 13.1. The van der Waals surface area contributed by atoms with E-state index < -0.39 is 0 Å². The first-order chi connectivity index (χ1) is 15.7. The number of ether oxygens (including phenoxy) is 2. The van der Waals surface area contributed by atoms with Gasteiger partial charge in [0.05, 0.1) is 24.9 Å². The van der Waals surface area contributed by atoms with E-state index in [0.29, 0.717) is 47.3 Å². The van der Waals surface area contributed by atoms with Gasteiger partial charge in [-0.2, -0.15) is 0 Å². The van der Waals surface area contributed by atoms with E-state index >= 15 is 0 Å². The second kappa shape index (κ2) is 8.72. The topological polar surface area (TPSA) is 92.6 Å². The minimum atomic E-state index is -0.179. The first-order valence-corrected chi connectivity index (χ1v) is 10.5. The number of rotatable bonds is 6. The molecule has 162 valence electrons. The fourth-order valence-electron chi connectivity index (χ4n) is 3.56. The smallest absolute Gasteiger partial charge is 0.253 e. The van der Waals surface area contributed by atoms with Crippen LogP contribution < -0.4 is 20.3 Å². The Morgan fingerprint density at radius 1 is 1.16 bits per heavy atom. The Morgan fingerprint density at radius 2 is 2.03 bits per heavy atom. The standard InChI is InChI=1S/C23H20N4O4S/c28-22-17(7-16-8-20-21(31-14-30-20)9-19(16)26-22)13-27(12-15-3-1-5-24-10-15)23(32)25-11-18-4-2-6-29-18/h1-10H,11-14H2,(H,25,32)(H,26,28). The number of aromatic amines is 1. The Kier molecular flexibility index (Phi) is 5.47. The number of nitrogens with zero attached hydrogens (tertiary/aromatic N) is 2. The number of hydrogen-bond acceptors (Lipinski definition) is 6. The van der Waals surface area contributed by atoms with Gasteiger partial charge in [-0.15, -0.1) is 0 Å². The molecule has 0 atom stereocenters. The van der Waals surface area contributed by atoms with Crippen molar-refractivity contribution in [2.75, 3.05) is 6.79 Å². The average Bonchev–Trinajstić information content (AvgIpc) is 3.48. The molecule has 0 amide bonds. The maximum absolute atomic E-state index is 12.8. The Bertz CT molecular complexity index is 1310. The van der Waals surface area contributed by atoms with Gasteiger partial charge in [-0.05, 0) is 48.1 Å². The van der Waals surface area contributed by atoms with Gasteiger partial charge in [-0.1, -0.05) is 6.07 Å². The summed E-state index contributed by atoms with van der Waals surface area (Å²) in [5, 5.41) is 4.58. The van der Waals surface area contributed by atoms with Gasteiger partial charge in [0.15, 0.2) is 16.6 Å². The van der Waals surface area contributed by atoms with Gasteiger partial charge >= 0.3 is 0 Å². The summed E-state index contributed by atoms with van der Waals surface area (Å²) < 4.78 is 16.3. The molecule has 0 saturated heterocycles. The van der Waals surface area contributed by atoms with Crippen molar-refractivity contribution in [3.8, 4) is 11.5 Å². The van der Waals surface area contributed by atoms with E-state index in [2.05, 4.69) is 15.3 Å². The minimum Gasteiger partial charge on any atom is -0.467 e. The molecule has 0 bridgehead atoms. The van der Waals surface area contributed by atoms with Crippen molar-refractivity contribution in [3.63, 3.8) is 0 Å². The zero-order chi connectivity index (χ0) is 21.9. The summed E-state index contributed by atoms with van der Waals surface area (Å²) in [6.07, 6.45) is 5.13. The van der Waals surface area contributed by atoms with Crippen molar-refractivity contribution in [1.29, 1.82) is 0 Å². The van der Waals surface area contributed by atoms with Crippen LogP contribution in [-0.2, 0) is 19.6 Å². The van der Waals surface area contributed by atoms with E-state index in [0.717, 1.165) is 16.7 Å². The SMILES string of the molecule is O=c1[nH]c2cc3c(cc2cc1CN(Cc1cccnc1)C(=S)NCc1ccco1)OCO3. The molecular weight excluding hydrogens is 428 g/mol. The highest BCUT2D eigenvalue weighted by Crippen LogP contribution is 2.35. The van der Waals surface area contributed by atoms with Crippen LogP contribution in [0.2, 0.25) is 0 Å². The average molecular weight is 449 g/mol. The van der Waals surface area contributed by atoms with Gasteiger partial charge in [-0.3, -0.25) is 9.78 Å². The van der Waals surface area contributed by atoms with E-state index in [1.165, 1.54) is 0 Å². The van der Waals surface area contributed by atoms with Crippen molar-refractivity contribution in [1.82, 2.24) is 20.2 Å². The van der Waals surface area contributed by atoms with Gasteiger partial charge in [0.1, 0.15) is 5.76 Å². The molecule has 0 fully saturated rings. The Hall–Kier alpha value is -3.85. The van der Waals surface area contributed by atoms with E-state index in [1.54, 1.807) is 24.7 Å². The second-order valence-electron chi connectivity index (χ2n) is 7.37. The molecule has 0 radical (unpaired) electrons. The van der Waals surface area contributed by atoms with Gasteiger partial charge in [0.25, 0.3) is 5.56 Å². The molecule has 9 heteroatoms. The monoisotopic (exact) mass is 448 g/mol. The van der Waals surface area contributed by atoms with Crippen LogP contribution >= 0.6 is 12.2 Å². The van der Waals surface area contributed by atoms with E-state index in [4.69, 9.17) is 26.1 Å².